The fraction of sp³-hybridized carbons (Fsp3) is 0.391. The van der Waals surface area contributed by atoms with Crippen LogP contribution in [-0.4, -0.2) is 55.3 Å². The van der Waals surface area contributed by atoms with Crippen LogP contribution in [0.25, 0.3) is 10.9 Å². The van der Waals surface area contributed by atoms with Crippen LogP contribution in [0.4, 0.5) is 10.2 Å². The van der Waals surface area contributed by atoms with E-state index < -0.39 is 0 Å². The van der Waals surface area contributed by atoms with Crippen LogP contribution in [0.3, 0.4) is 0 Å². The van der Waals surface area contributed by atoms with Crippen LogP contribution < -0.4 is 15.5 Å². The minimum Gasteiger partial charge on any atom is -0.375 e. The summed E-state index contributed by atoms with van der Waals surface area (Å²) in [6, 6.07) is 8.98. The Hall–Kier alpha value is -2.40. The third kappa shape index (κ3) is 6.10. The Morgan fingerprint density at radius 2 is 2.19 bits per heavy atom. The molecular formula is C23H30FIN6O. The van der Waals surface area contributed by atoms with Crippen LogP contribution in [0, 0.1) is 5.82 Å². The van der Waals surface area contributed by atoms with Gasteiger partial charge < -0.3 is 25.3 Å². The van der Waals surface area contributed by atoms with Crippen molar-refractivity contribution >= 4 is 46.7 Å². The predicted molar refractivity (Wildman–Crippen MR) is 137 cm³/mol. The summed E-state index contributed by atoms with van der Waals surface area (Å²) >= 11 is 0. The Labute approximate surface area is 204 Å². The van der Waals surface area contributed by atoms with Crippen molar-refractivity contribution in [1.29, 1.82) is 0 Å². The van der Waals surface area contributed by atoms with Gasteiger partial charge in [-0.25, -0.2) is 9.37 Å². The summed E-state index contributed by atoms with van der Waals surface area (Å²) in [5, 5.41) is 7.70. The van der Waals surface area contributed by atoms with Gasteiger partial charge in [0, 0.05) is 56.5 Å². The van der Waals surface area contributed by atoms with E-state index in [4.69, 9.17) is 4.74 Å². The van der Waals surface area contributed by atoms with Crippen LogP contribution >= 0.6 is 24.0 Å². The molecule has 0 saturated carbocycles. The molecule has 1 aliphatic heterocycles. The number of aliphatic imine (C=N–C) groups is 1. The average molecular weight is 552 g/mol. The van der Waals surface area contributed by atoms with Crippen LogP contribution in [0.15, 0.2) is 47.7 Å². The molecular weight excluding hydrogens is 522 g/mol. The van der Waals surface area contributed by atoms with Gasteiger partial charge in [-0.2, -0.15) is 0 Å². The van der Waals surface area contributed by atoms with Crippen molar-refractivity contribution in [1.82, 2.24) is 20.6 Å². The number of H-pyrrole nitrogens is 1. The number of nitrogens with one attached hydrogen (secondary N) is 3. The zero-order valence-corrected chi connectivity index (χ0v) is 20.7. The molecule has 172 valence electrons. The smallest absolute Gasteiger partial charge is 0.191 e. The number of anilines is 1. The molecule has 1 aliphatic rings. The monoisotopic (exact) mass is 552 g/mol. The van der Waals surface area contributed by atoms with E-state index in [0.29, 0.717) is 6.54 Å². The highest BCUT2D eigenvalue weighted by Crippen LogP contribution is 2.19. The number of guanidine groups is 1. The Morgan fingerprint density at radius 3 is 2.94 bits per heavy atom. The molecule has 9 heteroatoms. The van der Waals surface area contributed by atoms with Crippen molar-refractivity contribution in [2.75, 3.05) is 38.2 Å². The highest BCUT2D eigenvalue weighted by atomic mass is 127. The molecule has 3 N–H and O–H groups in total. The quantitative estimate of drug-likeness (QED) is 0.248. The zero-order chi connectivity index (χ0) is 21.6. The van der Waals surface area contributed by atoms with E-state index in [1.54, 1.807) is 7.05 Å². The lowest BCUT2D eigenvalue weighted by Gasteiger charge is -2.32. The van der Waals surface area contributed by atoms with Crippen molar-refractivity contribution in [3.63, 3.8) is 0 Å². The largest absolute Gasteiger partial charge is 0.375 e. The molecule has 0 radical (unpaired) electrons. The van der Waals surface area contributed by atoms with Crippen molar-refractivity contribution in [2.24, 2.45) is 4.99 Å². The van der Waals surface area contributed by atoms with E-state index in [0.717, 1.165) is 66.5 Å². The number of hydrogen-bond donors (Lipinski definition) is 3. The fourth-order valence-corrected chi connectivity index (χ4v) is 3.82. The normalized spacial score (nSPS) is 16.7. The summed E-state index contributed by atoms with van der Waals surface area (Å²) in [5.74, 6) is 1.49. The fourth-order valence-electron chi connectivity index (χ4n) is 3.82. The van der Waals surface area contributed by atoms with Crippen LogP contribution in [0.1, 0.15) is 18.1 Å². The Balaban J connectivity index is 0.00000289. The highest BCUT2D eigenvalue weighted by Gasteiger charge is 2.17. The first-order chi connectivity index (χ1) is 15.1. The number of rotatable bonds is 6. The number of hydrogen-bond acceptors (Lipinski definition) is 4. The summed E-state index contributed by atoms with van der Waals surface area (Å²) in [5.41, 5.74) is 3.06. The van der Waals surface area contributed by atoms with Gasteiger partial charge in [0.1, 0.15) is 11.6 Å². The minimum absolute atomic E-state index is 0. The molecule has 0 bridgehead atoms. The number of pyridine rings is 1. The maximum Gasteiger partial charge on any atom is 0.191 e. The van der Waals surface area contributed by atoms with Gasteiger partial charge in [0.25, 0.3) is 0 Å². The predicted octanol–water partition coefficient (Wildman–Crippen LogP) is 3.45. The zero-order valence-electron chi connectivity index (χ0n) is 18.4. The van der Waals surface area contributed by atoms with Crippen LogP contribution in [0.2, 0.25) is 0 Å². The summed E-state index contributed by atoms with van der Waals surface area (Å²) in [4.78, 5) is 14.3. The first-order valence-corrected chi connectivity index (χ1v) is 10.6. The summed E-state index contributed by atoms with van der Waals surface area (Å²) < 4.78 is 18.9. The maximum atomic E-state index is 13.3. The Bertz CT molecular complexity index is 1040. The van der Waals surface area contributed by atoms with Gasteiger partial charge in [0.15, 0.2) is 5.96 Å². The second-order valence-corrected chi connectivity index (χ2v) is 7.76. The lowest BCUT2D eigenvalue weighted by molar-refractivity contribution is 0.0529. The molecule has 7 nitrogen and oxygen atoms in total. The second-order valence-electron chi connectivity index (χ2n) is 7.76. The Morgan fingerprint density at radius 1 is 1.31 bits per heavy atom. The topological polar surface area (TPSA) is 77.6 Å². The van der Waals surface area contributed by atoms with E-state index in [-0.39, 0.29) is 35.9 Å². The van der Waals surface area contributed by atoms with E-state index in [9.17, 15) is 4.39 Å². The van der Waals surface area contributed by atoms with Crippen LogP contribution in [0.5, 0.6) is 0 Å². The van der Waals surface area contributed by atoms with Crippen molar-refractivity contribution in [2.45, 2.75) is 26.0 Å². The number of aromatic nitrogens is 2. The minimum atomic E-state index is -0.231. The van der Waals surface area contributed by atoms with E-state index >= 15 is 0 Å². The number of halogens is 2. The summed E-state index contributed by atoms with van der Waals surface area (Å²) in [6.45, 7) is 5.92. The van der Waals surface area contributed by atoms with Gasteiger partial charge in [-0.3, -0.25) is 4.99 Å². The molecule has 1 saturated heterocycles. The third-order valence-electron chi connectivity index (χ3n) is 5.47. The lowest BCUT2D eigenvalue weighted by Crippen LogP contribution is -2.41. The van der Waals surface area contributed by atoms with E-state index in [1.165, 1.54) is 12.1 Å². The van der Waals surface area contributed by atoms with Crippen molar-refractivity contribution < 1.29 is 9.13 Å². The van der Waals surface area contributed by atoms with Crippen molar-refractivity contribution in [3.8, 4) is 0 Å². The van der Waals surface area contributed by atoms with Gasteiger partial charge in [-0.15, -0.1) is 24.0 Å². The third-order valence-corrected chi connectivity index (χ3v) is 5.47. The van der Waals surface area contributed by atoms with Gasteiger partial charge in [-0.05, 0) is 48.7 Å². The van der Waals surface area contributed by atoms with E-state index in [1.807, 2.05) is 18.5 Å². The molecule has 32 heavy (non-hydrogen) atoms. The number of aromatic amines is 1. The molecule has 2 aromatic heterocycles. The first-order valence-electron chi connectivity index (χ1n) is 10.6. The van der Waals surface area contributed by atoms with Gasteiger partial charge in [-0.1, -0.05) is 6.07 Å². The number of nitrogens with zero attached hydrogens (tertiary/aromatic N) is 3. The number of morpholine rings is 1. The van der Waals surface area contributed by atoms with Crippen molar-refractivity contribution in [3.05, 3.63) is 59.7 Å². The molecule has 0 amide bonds. The number of benzene rings is 1. The lowest BCUT2D eigenvalue weighted by atomic mass is 10.1. The molecule has 1 fully saturated rings. The molecule has 3 aromatic rings. The molecule has 1 aromatic carbocycles. The summed E-state index contributed by atoms with van der Waals surface area (Å²) in [6.07, 6.45) is 4.88. The molecule has 0 aliphatic carbocycles. The SMILES string of the molecule is CN=C(NCCc1c[nH]c2cc(F)ccc12)NCc1ccc(N2CCOC(C)C2)nc1.I. The molecule has 4 rings (SSSR count). The van der Waals surface area contributed by atoms with E-state index in [2.05, 4.69) is 49.6 Å². The Kier molecular flexibility index (Phi) is 8.68. The molecule has 3 heterocycles. The standard InChI is InChI=1S/C23H29FN6O.HI/c1-16-15-30(9-10-31-16)22-6-3-17(12-28-22)13-29-23(25-2)26-8-7-18-14-27-21-11-19(24)4-5-20(18)21;/h3-6,11-12,14,16,27H,7-10,13,15H2,1-2H3,(H2,25,26,29);1H. The van der Waals surface area contributed by atoms with Gasteiger partial charge >= 0.3 is 0 Å². The highest BCUT2D eigenvalue weighted by molar-refractivity contribution is 14.0. The average Bonchev–Trinajstić information content (AvgIpc) is 3.18. The maximum absolute atomic E-state index is 13.3. The molecule has 0 spiro atoms. The first kappa shape index (κ1) is 24.2. The van der Waals surface area contributed by atoms with Gasteiger partial charge in [0.05, 0.1) is 12.7 Å². The number of fused-ring (bicyclic) bond motifs is 1. The molecule has 1 unspecified atom stereocenters. The van der Waals surface area contributed by atoms with Crippen LogP contribution in [-0.2, 0) is 17.7 Å². The van der Waals surface area contributed by atoms with Gasteiger partial charge in [0.2, 0.25) is 0 Å². The second kappa shape index (κ2) is 11.5. The number of ether oxygens (including phenoxy) is 1. The molecule has 1 atom stereocenters. The summed E-state index contributed by atoms with van der Waals surface area (Å²) in [7, 11) is 1.75.